The molecule has 1 N–H and O–H groups in total. The minimum atomic E-state index is 0.564. The highest BCUT2D eigenvalue weighted by molar-refractivity contribution is 7.99. The normalized spacial score (nSPS) is 23.6. The molecule has 0 atom stereocenters. The Hall–Kier alpha value is 0.400. The van der Waals surface area contributed by atoms with Crippen molar-refractivity contribution in [2.24, 2.45) is 0 Å². The predicted molar refractivity (Wildman–Crippen MR) is 87.9 cm³/mol. The van der Waals surface area contributed by atoms with Crippen molar-refractivity contribution in [3.63, 3.8) is 0 Å². The summed E-state index contributed by atoms with van der Waals surface area (Å²) < 4.78 is 0. The van der Waals surface area contributed by atoms with E-state index in [0.29, 0.717) is 27.7 Å². The summed E-state index contributed by atoms with van der Waals surface area (Å²) in [5.74, 6) is 0. The zero-order chi connectivity index (χ0) is 13.8. The molecule has 0 heterocycles. The van der Waals surface area contributed by atoms with Gasteiger partial charge >= 0.3 is 0 Å². The van der Waals surface area contributed by atoms with Gasteiger partial charge in [0.1, 0.15) is 0 Å². The van der Waals surface area contributed by atoms with E-state index in [1.165, 1.54) is 25.7 Å². The Bertz CT molecular complexity index is 431. The molecule has 1 nitrogen and oxygen atoms in total. The van der Waals surface area contributed by atoms with Gasteiger partial charge in [0.25, 0.3) is 0 Å². The Kier molecular flexibility index (Phi) is 6.16. The summed E-state index contributed by atoms with van der Waals surface area (Å²) >= 11 is 20.4. The smallest absolute Gasteiger partial charge is 0.0652 e. The summed E-state index contributed by atoms with van der Waals surface area (Å²) in [6.45, 7) is 0.687. The molecule has 0 saturated heterocycles. The third-order valence-electron chi connectivity index (χ3n) is 3.71. The van der Waals surface area contributed by atoms with Crippen LogP contribution >= 0.6 is 46.6 Å². The lowest BCUT2D eigenvalue weighted by Crippen LogP contribution is -2.33. The number of hydrogen-bond acceptors (Lipinski definition) is 2. The minimum absolute atomic E-state index is 0.564. The molecule has 0 bridgehead atoms. The largest absolute Gasteiger partial charge is 0.310 e. The van der Waals surface area contributed by atoms with Crippen molar-refractivity contribution >= 4 is 46.6 Å². The number of halogens is 3. The molecule has 106 valence electrons. The second kappa shape index (κ2) is 7.42. The molecule has 1 aromatic rings. The first-order valence-electron chi connectivity index (χ1n) is 6.50. The number of benzene rings is 1. The van der Waals surface area contributed by atoms with E-state index in [0.717, 1.165) is 10.8 Å². The maximum Gasteiger partial charge on any atom is 0.0652 e. The molecule has 0 amide bonds. The van der Waals surface area contributed by atoms with Gasteiger partial charge in [-0.2, -0.15) is 11.8 Å². The molecule has 5 heteroatoms. The fraction of sp³-hybridized carbons (Fsp3) is 0.571. The molecular formula is C14H18Cl3NS. The van der Waals surface area contributed by atoms with E-state index >= 15 is 0 Å². The molecular weight excluding hydrogens is 321 g/mol. The SMILES string of the molecule is CSC1CCC(NCc2c(Cl)ccc(Cl)c2Cl)CC1. The number of nitrogens with one attached hydrogen (secondary N) is 1. The molecule has 2 rings (SSSR count). The van der Waals surface area contributed by atoms with Crippen molar-refractivity contribution in [1.29, 1.82) is 0 Å². The molecule has 0 aliphatic heterocycles. The van der Waals surface area contributed by atoms with E-state index in [9.17, 15) is 0 Å². The fourth-order valence-electron chi connectivity index (χ4n) is 2.48. The Morgan fingerprint density at radius 1 is 1.11 bits per heavy atom. The van der Waals surface area contributed by atoms with Gasteiger partial charge in [-0.3, -0.25) is 0 Å². The van der Waals surface area contributed by atoms with Crippen molar-refractivity contribution in [3.8, 4) is 0 Å². The fourth-order valence-corrected chi connectivity index (χ4v) is 3.91. The zero-order valence-corrected chi connectivity index (χ0v) is 14.0. The zero-order valence-electron chi connectivity index (χ0n) is 10.9. The summed E-state index contributed by atoms with van der Waals surface area (Å²) in [5, 5.41) is 6.20. The molecule has 0 aromatic heterocycles. The van der Waals surface area contributed by atoms with Crippen LogP contribution in [0.25, 0.3) is 0 Å². The van der Waals surface area contributed by atoms with Gasteiger partial charge in [0, 0.05) is 28.4 Å². The molecule has 1 aromatic carbocycles. The van der Waals surface area contributed by atoms with Crippen LogP contribution in [-0.2, 0) is 6.54 Å². The molecule has 0 unspecified atom stereocenters. The van der Waals surface area contributed by atoms with Gasteiger partial charge in [-0.15, -0.1) is 0 Å². The molecule has 1 aliphatic rings. The average Bonchev–Trinajstić information content (AvgIpc) is 2.44. The average molecular weight is 339 g/mol. The summed E-state index contributed by atoms with van der Waals surface area (Å²) in [7, 11) is 0. The van der Waals surface area contributed by atoms with E-state index in [4.69, 9.17) is 34.8 Å². The van der Waals surface area contributed by atoms with Gasteiger partial charge < -0.3 is 5.32 Å². The Morgan fingerprint density at radius 2 is 1.74 bits per heavy atom. The van der Waals surface area contributed by atoms with E-state index in [2.05, 4.69) is 11.6 Å². The van der Waals surface area contributed by atoms with Crippen molar-refractivity contribution in [1.82, 2.24) is 5.32 Å². The standard InChI is InChI=1S/C14H18Cl3NS/c1-19-10-4-2-9(3-5-10)18-8-11-12(15)6-7-13(16)14(11)17/h6-7,9-10,18H,2-5,8H2,1H3. The third-order valence-corrected chi connectivity index (χ3v) is 6.05. The number of rotatable bonds is 4. The Balaban J connectivity index is 1.91. The van der Waals surface area contributed by atoms with Crippen molar-refractivity contribution in [3.05, 3.63) is 32.8 Å². The van der Waals surface area contributed by atoms with Crippen molar-refractivity contribution < 1.29 is 0 Å². The van der Waals surface area contributed by atoms with E-state index in [-0.39, 0.29) is 0 Å². The monoisotopic (exact) mass is 337 g/mol. The van der Waals surface area contributed by atoms with Gasteiger partial charge in [-0.05, 0) is 44.1 Å². The van der Waals surface area contributed by atoms with Crippen LogP contribution in [0.15, 0.2) is 12.1 Å². The van der Waals surface area contributed by atoms with Crippen LogP contribution in [0.3, 0.4) is 0 Å². The third kappa shape index (κ3) is 4.18. The second-order valence-corrected chi connectivity index (χ2v) is 7.24. The van der Waals surface area contributed by atoms with Crippen LogP contribution in [-0.4, -0.2) is 17.5 Å². The topological polar surface area (TPSA) is 12.0 Å². The first-order chi connectivity index (χ1) is 9.11. The molecule has 1 aliphatic carbocycles. The molecule has 0 radical (unpaired) electrons. The highest BCUT2D eigenvalue weighted by Crippen LogP contribution is 2.32. The first-order valence-corrected chi connectivity index (χ1v) is 8.92. The van der Waals surface area contributed by atoms with Crippen LogP contribution in [0.5, 0.6) is 0 Å². The maximum atomic E-state index is 6.20. The lowest BCUT2D eigenvalue weighted by Gasteiger charge is -2.28. The number of hydrogen-bond donors (Lipinski definition) is 1. The lowest BCUT2D eigenvalue weighted by molar-refractivity contribution is 0.379. The van der Waals surface area contributed by atoms with Crippen LogP contribution in [0, 0.1) is 0 Å². The van der Waals surface area contributed by atoms with Gasteiger partial charge in [0.05, 0.1) is 10.0 Å². The molecule has 0 spiro atoms. The van der Waals surface area contributed by atoms with Crippen LogP contribution in [0.1, 0.15) is 31.2 Å². The van der Waals surface area contributed by atoms with Gasteiger partial charge in [0.15, 0.2) is 0 Å². The highest BCUT2D eigenvalue weighted by Gasteiger charge is 2.20. The quantitative estimate of drug-likeness (QED) is 0.737. The minimum Gasteiger partial charge on any atom is -0.310 e. The Morgan fingerprint density at radius 3 is 2.37 bits per heavy atom. The van der Waals surface area contributed by atoms with Crippen LogP contribution < -0.4 is 5.32 Å². The van der Waals surface area contributed by atoms with Gasteiger partial charge in [-0.1, -0.05) is 34.8 Å². The molecule has 1 saturated carbocycles. The van der Waals surface area contributed by atoms with E-state index < -0.39 is 0 Å². The predicted octanol–water partition coefficient (Wildman–Crippen LogP) is 5.41. The lowest BCUT2D eigenvalue weighted by atomic mass is 9.95. The summed E-state index contributed by atoms with van der Waals surface area (Å²) in [5.41, 5.74) is 0.905. The van der Waals surface area contributed by atoms with Gasteiger partial charge in [0.2, 0.25) is 0 Å². The second-order valence-electron chi connectivity index (χ2n) is 4.91. The van der Waals surface area contributed by atoms with E-state index in [1.54, 1.807) is 12.1 Å². The number of thioether (sulfide) groups is 1. The Labute approximate surface area is 134 Å². The van der Waals surface area contributed by atoms with E-state index in [1.807, 2.05) is 11.8 Å². The molecule has 1 fully saturated rings. The molecule has 19 heavy (non-hydrogen) atoms. The highest BCUT2D eigenvalue weighted by atomic mass is 35.5. The van der Waals surface area contributed by atoms with Gasteiger partial charge in [-0.25, -0.2) is 0 Å². The summed E-state index contributed by atoms with van der Waals surface area (Å²) in [6.07, 6.45) is 7.22. The summed E-state index contributed by atoms with van der Waals surface area (Å²) in [4.78, 5) is 0. The van der Waals surface area contributed by atoms with Crippen LogP contribution in [0.2, 0.25) is 15.1 Å². The van der Waals surface area contributed by atoms with Crippen LogP contribution in [0.4, 0.5) is 0 Å². The first kappa shape index (κ1) is 15.8. The van der Waals surface area contributed by atoms with Crippen molar-refractivity contribution in [2.75, 3.05) is 6.26 Å². The van der Waals surface area contributed by atoms with Crippen molar-refractivity contribution in [2.45, 2.75) is 43.5 Å². The summed E-state index contributed by atoms with van der Waals surface area (Å²) in [6, 6.07) is 4.10. The maximum absolute atomic E-state index is 6.20.